The van der Waals surface area contributed by atoms with E-state index in [0.29, 0.717) is 24.8 Å². The van der Waals surface area contributed by atoms with E-state index in [4.69, 9.17) is 0 Å². The molecule has 118 valence electrons. The summed E-state index contributed by atoms with van der Waals surface area (Å²) in [5, 5.41) is 21.4. The van der Waals surface area contributed by atoms with Crippen LogP contribution in [0.4, 0.5) is 0 Å². The van der Waals surface area contributed by atoms with Gasteiger partial charge in [0, 0.05) is 5.92 Å². The number of tetrazole rings is 1. The summed E-state index contributed by atoms with van der Waals surface area (Å²) in [5.41, 5.74) is 0.184. The monoisotopic (exact) mass is 294 g/mol. The van der Waals surface area contributed by atoms with E-state index in [2.05, 4.69) is 29.4 Å². The fourth-order valence-corrected chi connectivity index (χ4v) is 3.43. The van der Waals surface area contributed by atoms with E-state index in [1.165, 1.54) is 12.8 Å². The smallest absolute Gasteiger partial charge is 0.308 e. The third-order valence-electron chi connectivity index (χ3n) is 4.63. The van der Waals surface area contributed by atoms with E-state index < -0.39 is 11.9 Å². The molecule has 21 heavy (non-hydrogen) atoms. The Morgan fingerprint density at radius 3 is 2.71 bits per heavy atom. The molecule has 0 saturated heterocycles. The number of rotatable bonds is 6. The molecule has 1 fully saturated rings. The molecule has 6 heteroatoms. The van der Waals surface area contributed by atoms with Crippen molar-refractivity contribution >= 4 is 5.97 Å². The number of hydrogen-bond acceptors (Lipinski definition) is 4. The first-order valence-corrected chi connectivity index (χ1v) is 7.80. The predicted octanol–water partition coefficient (Wildman–Crippen LogP) is 2.71. The van der Waals surface area contributed by atoms with Crippen molar-refractivity contribution in [1.82, 2.24) is 20.2 Å². The molecule has 6 nitrogen and oxygen atoms in total. The Labute approximate surface area is 125 Å². The van der Waals surface area contributed by atoms with Gasteiger partial charge in [-0.3, -0.25) is 4.79 Å². The normalized spacial score (nSPS) is 22.6. The van der Waals surface area contributed by atoms with Crippen molar-refractivity contribution in [3.8, 4) is 0 Å². The van der Waals surface area contributed by atoms with Gasteiger partial charge in [0.05, 0.1) is 12.5 Å². The standard InChI is InChI=1S/C15H26N4O2/c1-10(2)8-11(14(20)21)9-19-13(16-17-18-19)12-6-5-7-15(12,3)4/h10-12H,5-9H2,1-4H3,(H,20,21). The number of aromatic nitrogens is 4. The van der Waals surface area contributed by atoms with Crippen LogP contribution in [0, 0.1) is 17.3 Å². The van der Waals surface area contributed by atoms with Gasteiger partial charge in [-0.05, 0) is 41.0 Å². The molecule has 0 amide bonds. The Morgan fingerprint density at radius 1 is 1.48 bits per heavy atom. The molecule has 1 aliphatic rings. The third kappa shape index (κ3) is 3.60. The van der Waals surface area contributed by atoms with Gasteiger partial charge < -0.3 is 5.11 Å². The Morgan fingerprint density at radius 2 is 2.19 bits per heavy atom. The maximum absolute atomic E-state index is 11.4. The van der Waals surface area contributed by atoms with E-state index in [0.717, 1.165) is 12.2 Å². The highest BCUT2D eigenvalue weighted by molar-refractivity contribution is 5.69. The van der Waals surface area contributed by atoms with Crippen LogP contribution < -0.4 is 0 Å². The summed E-state index contributed by atoms with van der Waals surface area (Å²) < 4.78 is 1.72. The largest absolute Gasteiger partial charge is 0.481 e. The molecular weight excluding hydrogens is 268 g/mol. The van der Waals surface area contributed by atoms with E-state index in [1.54, 1.807) is 4.68 Å². The summed E-state index contributed by atoms with van der Waals surface area (Å²) in [6.07, 6.45) is 4.07. The molecule has 0 bridgehead atoms. The van der Waals surface area contributed by atoms with Crippen LogP contribution in [0.1, 0.15) is 65.1 Å². The summed E-state index contributed by atoms with van der Waals surface area (Å²) in [6, 6.07) is 0. The minimum absolute atomic E-state index is 0.184. The third-order valence-corrected chi connectivity index (χ3v) is 4.63. The van der Waals surface area contributed by atoms with Gasteiger partial charge in [-0.1, -0.05) is 34.1 Å². The second kappa shape index (κ2) is 6.12. The van der Waals surface area contributed by atoms with Crippen molar-refractivity contribution in [2.45, 2.75) is 65.8 Å². The van der Waals surface area contributed by atoms with Crippen LogP contribution in [0.15, 0.2) is 0 Å². The van der Waals surface area contributed by atoms with Crippen LogP contribution >= 0.6 is 0 Å². The molecule has 1 aromatic rings. The number of nitrogens with zero attached hydrogens (tertiary/aromatic N) is 4. The lowest BCUT2D eigenvalue weighted by atomic mass is 9.81. The summed E-state index contributed by atoms with van der Waals surface area (Å²) in [6.45, 7) is 8.93. The highest BCUT2D eigenvalue weighted by Crippen LogP contribution is 2.47. The van der Waals surface area contributed by atoms with Crippen LogP contribution in [0.2, 0.25) is 0 Å². The van der Waals surface area contributed by atoms with E-state index >= 15 is 0 Å². The SMILES string of the molecule is CC(C)CC(Cn1nnnc1C1CCCC1(C)C)C(=O)O. The predicted molar refractivity (Wildman–Crippen MR) is 78.8 cm³/mol. The van der Waals surface area contributed by atoms with Gasteiger partial charge in [-0.2, -0.15) is 0 Å². The number of carboxylic acids is 1. The first-order valence-electron chi connectivity index (χ1n) is 7.80. The molecule has 1 saturated carbocycles. The lowest BCUT2D eigenvalue weighted by molar-refractivity contribution is -0.142. The minimum atomic E-state index is -0.768. The zero-order valence-electron chi connectivity index (χ0n) is 13.4. The van der Waals surface area contributed by atoms with Gasteiger partial charge in [-0.15, -0.1) is 5.10 Å². The average Bonchev–Trinajstić information content (AvgIpc) is 2.93. The average molecular weight is 294 g/mol. The minimum Gasteiger partial charge on any atom is -0.481 e. The first kappa shape index (κ1) is 15.9. The van der Waals surface area contributed by atoms with Crippen LogP contribution in [-0.4, -0.2) is 31.3 Å². The van der Waals surface area contributed by atoms with Crippen LogP contribution in [0.25, 0.3) is 0 Å². The maximum Gasteiger partial charge on any atom is 0.308 e. The number of hydrogen-bond donors (Lipinski definition) is 1. The molecule has 1 N–H and O–H groups in total. The molecule has 2 rings (SSSR count). The molecule has 0 radical (unpaired) electrons. The lowest BCUT2D eigenvalue weighted by Crippen LogP contribution is -2.26. The highest BCUT2D eigenvalue weighted by Gasteiger charge is 2.39. The van der Waals surface area contributed by atoms with Gasteiger partial charge in [0.1, 0.15) is 0 Å². The molecule has 0 aromatic carbocycles. The van der Waals surface area contributed by atoms with E-state index in [1.807, 2.05) is 13.8 Å². The zero-order chi connectivity index (χ0) is 15.6. The fraction of sp³-hybridized carbons (Fsp3) is 0.867. The second-order valence-electron chi connectivity index (χ2n) is 7.32. The zero-order valence-corrected chi connectivity index (χ0v) is 13.4. The lowest BCUT2D eigenvalue weighted by Gasteiger charge is -2.26. The van der Waals surface area contributed by atoms with E-state index in [-0.39, 0.29) is 5.41 Å². The molecule has 1 aliphatic carbocycles. The molecule has 2 unspecified atom stereocenters. The summed E-state index contributed by atoms with van der Waals surface area (Å²) >= 11 is 0. The van der Waals surface area contributed by atoms with Crippen molar-refractivity contribution < 1.29 is 9.90 Å². The summed E-state index contributed by atoms with van der Waals surface area (Å²) in [4.78, 5) is 11.4. The van der Waals surface area contributed by atoms with Gasteiger partial charge in [-0.25, -0.2) is 4.68 Å². The summed E-state index contributed by atoms with van der Waals surface area (Å²) in [7, 11) is 0. The van der Waals surface area contributed by atoms with Crippen molar-refractivity contribution in [3.05, 3.63) is 5.82 Å². The second-order valence-corrected chi connectivity index (χ2v) is 7.32. The molecule has 0 spiro atoms. The topological polar surface area (TPSA) is 80.9 Å². The Balaban J connectivity index is 2.18. The Kier molecular flexibility index (Phi) is 4.64. The molecular formula is C15H26N4O2. The van der Waals surface area contributed by atoms with Gasteiger partial charge in [0.2, 0.25) is 0 Å². The van der Waals surface area contributed by atoms with Crippen LogP contribution in [0.5, 0.6) is 0 Å². The summed E-state index contributed by atoms with van der Waals surface area (Å²) in [5.74, 6) is 0.315. The van der Waals surface area contributed by atoms with Crippen molar-refractivity contribution in [1.29, 1.82) is 0 Å². The molecule has 2 atom stereocenters. The number of aliphatic carboxylic acids is 1. The van der Waals surface area contributed by atoms with E-state index in [9.17, 15) is 9.90 Å². The van der Waals surface area contributed by atoms with Crippen LogP contribution in [0.3, 0.4) is 0 Å². The Bertz CT molecular complexity index is 496. The van der Waals surface area contributed by atoms with Crippen LogP contribution in [-0.2, 0) is 11.3 Å². The quantitative estimate of drug-likeness (QED) is 0.872. The van der Waals surface area contributed by atoms with Gasteiger partial charge >= 0.3 is 5.97 Å². The van der Waals surface area contributed by atoms with Crippen molar-refractivity contribution in [3.63, 3.8) is 0 Å². The number of carbonyl (C=O) groups is 1. The van der Waals surface area contributed by atoms with Gasteiger partial charge in [0.15, 0.2) is 5.82 Å². The first-order chi connectivity index (χ1) is 9.81. The number of carboxylic acid groups (broad SMARTS) is 1. The fourth-order valence-electron chi connectivity index (χ4n) is 3.43. The highest BCUT2D eigenvalue weighted by atomic mass is 16.4. The van der Waals surface area contributed by atoms with Crippen molar-refractivity contribution in [2.24, 2.45) is 17.3 Å². The molecule has 1 heterocycles. The Hall–Kier alpha value is -1.46. The molecule has 0 aliphatic heterocycles. The maximum atomic E-state index is 11.4. The van der Waals surface area contributed by atoms with Crippen molar-refractivity contribution in [2.75, 3.05) is 0 Å². The molecule has 1 aromatic heterocycles. The van der Waals surface area contributed by atoms with Gasteiger partial charge in [0.25, 0.3) is 0 Å².